The summed E-state index contributed by atoms with van der Waals surface area (Å²) < 4.78 is 0. The second kappa shape index (κ2) is 4.89. The first-order valence-electron chi connectivity index (χ1n) is 6.51. The number of aryl methyl sites for hydroxylation is 1. The van der Waals surface area contributed by atoms with Gasteiger partial charge in [0.15, 0.2) is 0 Å². The van der Waals surface area contributed by atoms with Crippen molar-refractivity contribution in [3.63, 3.8) is 0 Å². The highest BCUT2D eigenvalue weighted by atomic mass is 15.1. The Hall–Kier alpha value is -2.49. The van der Waals surface area contributed by atoms with Crippen molar-refractivity contribution in [3.05, 3.63) is 48.4 Å². The summed E-state index contributed by atoms with van der Waals surface area (Å²) in [6.45, 7) is 1.97. The molecule has 0 amide bonds. The van der Waals surface area contributed by atoms with Crippen molar-refractivity contribution in [2.75, 3.05) is 19.0 Å². The predicted molar refractivity (Wildman–Crippen MR) is 81.8 cm³/mol. The van der Waals surface area contributed by atoms with Gasteiger partial charge in [0.25, 0.3) is 0 Å². The van der Waals surface area contributed by atoms with Gasteiger partial charge in [-0.05, 0) is 25.1 Å². The van der Waals surface area contributed by atoms with E-state index in [0.717, 1.165) is 28.0 Å². The maximum atomic E-state index is 4.63. The lowest BCUT2D eigenvalue weighted by molar-refractivity contribution is 1.13. The van der Waals surface area contributed by atoms with Crippen LogP contribution >= 0.6 is 0 Å². The molecule has 4 nitrogen and oxygen atoms in total. The molecule has 0 aliphatic heterocycles. The monoisotopic (exact) mass is 264 g/mol. The van der Waals surface area contributed by atoms with Crippen LogP contribution in [-0.2, 0) is 0 Å². The molecule has 20 heavy (non-hydrogen) atoms. The van der Waals surface area contributed by atoms with E-state index in [0.29, 0.717) is 0 Å². The molecule has 2 aromatic heterocycles. The molecule has 2 heterocycles. The van der Waals surface area contributed by atoms with E-state index in [1.54, 1.807) is 12.4 Å². The first-order chi connectivity index (χ1) is 9.65. The average Bonchev–Trinajstić information content (AvgIpc) is 2.47. The minimum Gasteiger partial charge on any atom is -0.378 e. The maximum absolute atomic E-state index is 4.63. The molecule has 0 spiro atoms. The van der Waals surface area contributed by atoms with Crippen molar-refractivity contribution in [2.45, 2.75) is 6.92 Å². The molecule has 0 saturated carbocycles. The Morgan fingerprint density at radius 1 is 0.950 bits per heavy atom. The summed E-state index contributed by atoms with van der Waals surface area (Å²) in [7, 11) is 4.06. The first-order valence-corrected chi connectivity index (χ1v) is 6.51. The van der Waals surface area contributed by atoms with E-state index in [1.165, 1.54) is 5.69 Å². The Balaban J connectivity index is 2.10. The molecule has 0 radical (unpaired) electrons. The van der Waals surface area contributed by atoms with Crippen LogP contribution in [0.4, 0.5) is 5.69 Å². The van der Waals surface area contributed by atoms with Gasteiger partial charge in [-0.25, -0.2) is 0 Å². The minimum atomic E-state index is 0.862. The fourth-order valence-electron chi connectivity index (χ4n) is 2.21. The molecular weight excluding hydrogens is 248 g/mol. The number of aromatic nitrogens is 3. The third-order valence-electron chi connectivity index (χ3n) is 3.31. The topological polar surface area (TPSA) is 41.9 Å². The number of hydrogen-bond donors (Lipinski definition) is 0. The van der Waals surface area contributed by atoms with Crippen LogP contribution in [0.15, 0.2) is 42.7 Å². The number of rotatable bonds is 2. The summed E-state index contributed by atoms with van der Waals surface area (Å²) in [4.78, 5) is 15.4. The van der Waals surface area contributed by atoms with E-state index in [1.807, 2.05) is 27.1 Å². The number of anilines is 1. The minimum absolute atomic E-state index is 0.862. The highest BCUT2D eigenvalue weighted by Gasteiger charge is 2.06. The number of fused-ring (bicyclic) bond motifs is 1. The van der Waals surface area contributed by atoms with Crippen LogP contribution in [0.1, 0.15) is 5.69 Å². The zero-order valence-electron chi connectivity index (χ0n) is 11.8. The normalized spacial score (nSPS) is 10.8. The van der Waals surface area contributed by atoms with Crippen molar-refractivity contribution < 1.29 is 0 Å². The van der Waals surface area contributed by atoms with Gasteiger partial charge in [0, 0.05) is 37.7 Å². The highest BCUT2D eigenvalue weighted by Crippen LogP contribution is 2.24. The third-order valence-corrected chi connectivity index (χ3v) is 3.31. The van der Waals surface area contributed by atoms with Crippen LogP contribution in [-0.4, -0.2) is 29.0 Å². The van der Waals surface area contributed by atoms with Crippen LogP contribution in [0.25, 0.3) is 22.3 Å². The Kier molecular flexibility index (Phi) is 3.06. The summed E-state index contributed by atoms with van der Waals surface area (Å²) in [6.07, 6.45) is 3.41. The van der Waals surface area contributed by atoms with E-state index in [9.17, 15) is 0 Å². The van der Waals surface area contributed by atoms with Crippen molar-refractivity contribution in [1.82, 2.24) is 15.0 Å². The summed E-state index contributed by atoms with van der Waals surface area (Å²) in [6, 6.07) is 10.3. The molecule has 0 aliphatic rings. The van der Waals surface area contributed by atoms with Crippen molar-refractivity contribution >= 4 is 16.7 Å². The van der Waals surface area contributed by atoms with Gasteiger partial charge in [0.1, 0.15) is 5.52 Å². The van der Waals surface area contributed by atoms with Crippen LogP contribution in [0, 0.1) is 6.92 Å². The molecule has 3 rings (SSSR count). The molecule has 3 aromatic rings. The Morgan fingerprint density at radius 2 is 1.65 bits per heavy atom. The lowest BCUT2D eigenvalue weighted by atomic mass is 10.1. The molecule has 100 valence electrons. The zero-order chi connectivity index (χ0) is 14.1. The van der Waals surface area contributed by atoms with Gasteiger partial charge in [-0.15, -0.1) is 0 Å². The zero-order valence-corrected chi connectivity index (χ0v) is 11.8. The largest absolute Gasteiger partial charge is 0.378 e. The van der Waals surface area contributed by atoms with Crippen LogP contribution < -0.4 is 4.90 Å². The Morgan fingerprint density at radius 3 is 2.35 bits per heavy atom. The molecule has 0 bridgehead atoms. The van der Waals surface area contributed by atoms with E-state index in [-0.39, 0.29) is 0 Å². The van der Waals surface area contributed by atoms with Crippen molar-refractivity contribution in [3.8, 4) is 11.3 Å². The SMILES string of the molecule is Cc1nc(-c2ccc(N(C)C)cc2)cc2nccnc12. The van der Waals surface area contributed by atoms with Gasteiger partial charge in [0.2, 0.25) is 0 Å². The molecule has 1 aromatic carbocycles. The lowest BCUT2D eigenvalue weighted by Crippen LogP contribution is -2.07. The van der Waals surface area contributed by atoms with Crippen LogP contribution in [0.3, 0.4) is 0 Å². The molecule has 0 saturated heterocycles. The van der Waals surface area contributed by atoms with Gasteiger partial charge < -0.3 is 4.90 Å². The van der Waals surface area contributed by atoms with Crippen LogP contribution in [0.5, 0.6) is 0 Å². The average molecular weight is 264 g/mol. The summed E-state index contributed by atoms with van der Waals surface area (Å²) in [5.74, 6) is 0. The molecular formula is C16H16N4. The van der Waals surface area contributed by atoms with Gasteiger partial charge in [-0.1, -0.05) is 12.1 Å². The number of benzene rings is 1. The van der Waals surface area contributed by atoms with Gasteiger partial charge in [0.05, 0.1) is 16.9 Å². The third kappa shape index (κ3) is 2.20. The predicted octanol–water partition coefficient (Wildman–Crippen LogP) is 3.07. The number of pyridine rings is 1. The molecule has 0 unspecified atom stereocenters. The van der Waals surface area contributed by atoms with Crippen LogP contribution in [0.2, 0.25) is 0 Å². The Labute approximate surface area is 118 Å². The standard InChI is InChI=1S/C16H16N4/c1-11-16-15(17-8-9-18-16)10-14(19-11)12-4-6-13(7-5-12)20(2)3/h4-10H,1-3H3. The fraction of sp³-hybridized carbons (Fsp3) is 0.188. The molecule has 4 heteroatoms. The summed E-state index contributed by atoms with van der Waals surface area (Å²) in [5, 5.41) is 0. The van der Waals surface area contributed by atoms with E-state index < -0.39 is 0 Å². The number of nitrogens with zero attached hydrogens (tertiary/aromatic N) is 4. The van der Waals surface area contributed by atoms with Gasteiger partial charge >= 0.3 is 0 Å². The van der Waals surface area contributed by atoms with Crippen molar-refractivity contribution in [2.24, 2.45) is 0 Å². The quantitative estimate of drug-likeness (QED) is 0.713. The van der Waals surface area contributed by atoms with E-state index >= 15 is 0 Å². The molecule has 0 aliphatic carbocycles. The maximum Gasteiger partial charge on any atom is 0.110 e. The lowest BCUT2D eigenvalue weighted by Gasteiger charge is -2.12. The highest BCUT2D eigenvalue weighted by molar-refractivity contribution is 5.81. The molecule has 0 N–H and O–H groups in total. The summed E-state index contributed by atoms with van der Waals surface area (Å²) >= 11 is 0. The molecule has 0 fully saturated rings. The summed E-state index contributed by atoms with van der Waals surface area (Å²) in [5.41, 5.74) is 5.84. The van der Waals surface area contributed by atoms with Crippen molar-refractivity contribution in [1.29, 1.82) is 0 Å². The second-order valence-electron chi connectivity index (χ2n) is 4.96. The van der Waals surface area contributed by atoms with E-state index in [2.05, 4.69) is 44.1 Å². The fourth-order valence-corrected chi connectivity index (χ4v) is 2.21. The second-order valence-corrected chi connectivity index (χ2v) is 4.96. The Bertz CT molecular complexity index is 748. The smallest absolute Gasteiger partial charge is 0.110 e. The number of hydrogen-bond acceptors (Lipinski definition) is 4. The van der Waals surface area contributed by atoms with E-state index in [4.69, 9.17) is 0 Å². The van der Waals surface area contributed by atoms with Gasteiger partial charge in [-0.3, -0.25) is 15.0 Å². The molecule has 0 atom stereocenters. The van der Waals surface area contributed by atoms with Gasteiger partial charge in [-0.2, -0.15) is 0 Å². The first kappa shape index (κ1) is 12.5.